The second kappa shape index (κ2) is 14.9. The van der Waals surface area contributed by atoms with Gasteiger partial charge in [-0.15, -0.1) is 0 Å². The molecule has 318 valence electrons. The predicted molar refractivity (Wildman–Crippen MR) is 272 cm³/mol. The van der Waals surface area contributed by atoms with Crippen LogP contribution in [0.2, 0.25) is 0 Å². The molecule has 3 nitrogen and oxygen atoms in total. The van der Waals surface area contributed by atoms with E-state index in [2.05, 4.69) is 251 Å². The van der Waals surface area contributed by atoms with E-state index in [0.29, 0.717) is 0 Å². The highest BCUT2D eigenvalue weighted by molar-refractivity contribution is 7.00. The van der Waals surface area contributed by atoms with Gasteiger partial charge in [-0.1, -0.05) is 144 Å². The summed E-state index contributed by atoms with van der Waals surface area (Å²) in [5.41, 5.74) is 22.8. The van der Waals surface area contributed by atoms with Gasteiger partial charge in [-0.25, -0.2) is 4.57 Å². The van der Waals surface area contributed by atoms with Gasteiger partial charge in [0.1, 0.15) is 7.05 Å². The number of nitrogens with zero attached hydrogens (tertiary/aromatic N) is 3. The average molecular weight is 827 g/mol. The molecular weight excluding hydrogens is 761 g/mol. The first-order valence-electron chi connectivity index (χ1n) is 22.9. The van der Waals surface area contributed by atoms with E-state index in [1.807, 2.05) is 0 Å². The maximum Gasteiger partial charge on any atom is 0.252 e. The van der Waals surface area contributed by atoms with Gasteiger partial charge in [-0.3, -0.25) is 0 Å². The number of pyridine rings is 1. The summed E-state index contributed by atoms with van der Waals surface area (Å²) < 4.78 is 2.23. The maximum atomic E-state index is 2.57. The highest BCUT2D eigenvalue weighted by Crippen LogP contribution is 2.47. The molecule has 4 heteroatoms. The third kappa shape index (κ3) is 7.50. The van der Waals surface area contributed by atoms with Crippen LogP contribution in [0.15, 0.2) is 140 Å². The van der Waals surface area contributed by atoms with Crippen LogP contribution in [0.4, 0.5) is 34.1 Å². The number of rotatable bonds is 4. The number of fused-ring (bicyclic) bond motifs is 4. The number of benzene rings is 6. The first-order chi connectivity index (χ1) is 29.6. The minimum atomic E-state index is -0.0225. The first kappa shape index (κ1) is 42.4. The van der Waals surface area contributed by atoms with Crippen LogP contribution in [0.3, 0.4) is 0 Å². The standard InChI is InChI=1S/C59H65BN3/c1-38-18-19-39(33-47(38)50-17-15-16-32-61(50)14)40-34-53-55-54(35-40)63(46-28-22-42(23-29-46)57(5,6)7)52-31-25-44(59(11,12)13)37-49(52)60(55)48-36-43(58(8,9)10)24-30-51(48)62(53)45-26-20-41(21-27-45)56(2,3)4/h15-37H,1-14H3/q+1. The number of aromatic nitrogens is 1. The molecule has 0 saturated heterocycles. The molecule has 0 N–H and O–H groups in total. The fourth-order valence-electron chi connectivity index (χ4n) is 9.76. The normalized spacial score (nSPS) is 13.8. The summed E-state index contributed by atoms with van der Waals surface area (Å²) in [5, 5.41) is 0. The maximum absolute atomic E-state index is 2.57. The number of hydrogen-bond donors (Lipinski definition) is 0. The van der Waals surface area contributed by atoms with Gasteiger partial charge in [-0.05, 0) is 145 Å². The van der Waals surface area contributed by atoms with Gasteiger partial charge in [-0.2, -0.15) is 0 Å². The van der Waals surface area contributed by atoms with E-state index < -0.39 is 0 Å². The lowest BCUT2D eigenvalue weighted by Gasteiger charge is -2.45. The molecular formula is C59H65BN3+. The molecule has 7 aromatic rings. The van der Waals surface area contributed by atoms with Gasteiger partial charge >= 0.3 is 0 Å². The van der Waals surface area contributed by atoms with Crippen molar-refractivity contribution in [3.63, 3.8) is 0 Å². The van der Waals surface area contributed by atoms with Crippen molar-refractivity contribution in [3.05, 3.63) is 167 Å². The molecule has 0 fully saturated rings. The molecule has 3 heterocycles. The Balaban J connectivity index is 1.40. The zero-order valence-corrected chi connectivity index (χ0v) is 40.2. The number of anilines is 6. The number of hydrogen-bond acceptors (Lipinski definition) is 2. The summed E-state index contributed by atoms with van der Waals surface area (Å²) in [4.78, 5) is 5.14. The lowest BCUT2D eigenvalue weighted by atomic mass is 9.33. The summed E-state index contributed by atoms with van der Waals surface area (Å²) >= 11 is 0. The molecule has 9 rings (SSSR count). The summed E-state index contributed by atoms with van der Waals surface area (Å²) in [6.45, 7) is 30.1. The molecule has 0 bridgehead atoms. The lowest BCUT2D eigenvalue weighted by molar-refractivity contribution is -0.660. The fourth-order valence-corrected chi connectivity index (χ4v) is 9.76. The van der Waals surface area contributed by atoms with E-state index in [4.69, 9.17) is 0 Å². The average Bonchev–Trinajstić information content (AvgIpc) is 3.22. The van der Waals surface area contributed by atoms with Crippen molar-refractivity contribution in [3.8, 4) is 22.4 Å². The van der Waals surface area contributed by atoms with Crippen molar-refractivity contribution < 1.29 is 4.57 Å². The van der Waals surface area contributed by atoms with Crippen LogP contribution in [0, 0.1) is 6.92 Å². The van der Waals surface area contributed by atoms with E-state index in [9.17, 15) is 0 Å². The minimum absolute atomic E-state index is 0.0193. The van der Waals surface area contributed by atoms with Crippen LogP contribution in [0.5, 0.6) is 0 Å². The third-order valence-corrected chi connectivity index (χ3v) is 13.7. The van der Waals surface area contributed by atoms with Crippen LogP contribution >= 0.6 is 0 Å². The predicted octanol–water partition coefficient (Wildman–Crippen LogP) is 13.4. The third-order valence-electron chi connectivity index (χ3n) is 13.7. The van der Waals surface area contributed by atoms with Crippen molar-refractivity contribution in [2.75, 3.05) is 9.80 Å². The molecule has 6 aromatic carbocycles. The molecule has 0 unspecified atom stereocenters. The number of aryl methyl sites for hydroxylation is 2. The Morgan fingerprint density at radius 3 is 1.30 bits per heavy atom. The summed E-state index contributed by atoms with van der Waals surface area (Å²) in [6.07, 6.45) is 2.14. The van der Waals surface area contributed by atoms with Crippen molar-refractivity contribution in [2.24, 2.45) is 7.05 Å². The van der Waals surface area contributed by atoms with Crippen LogP contribution in [0.1, 0.15) is 111 Å². The molecule has 1 aromatic heterocycles. The Morgan fingerprint density at radius 1 is 0.429 bits per heavy atom. The Hall–Kier alpha value is -5.87. The van der Waals surface area contributed by atoms with Crippen molar-refractivity contribution in [2.45, 2.75) is 112 Å². The van der Waals surface area contributed by atoms with Crippen LogP contribution in [-0.2, 0) is 28.7 Å². The minimum Gasteiger partial charge on any atom is -0.311 e. The Morgan fingerprint density at radius 2 is 0.873 bits per heavy atom. The Bertz CT molecular complexity index is 2740. The molecule has 0 saturated carbocycles. The van der Waals surface area contributed by atoms with E-state index in [0.717, 1.165) is 0 Å². The van der Waals surface area contributed by atoms with Crippen molar-refractivity contribution in [1.82, 2.24) is 0 Å². The topological polar surface area (TPSA) is 10.4 Å². The lowest BCUT2D eigenvalue weighted by Crippen LogP contribution is -2.61. The Labute approximate surface area is 378 Å². The molecule has 2 aliphatic heterocycles. The van der Waals surface area contributed by atoms with Crippen LogP contribution in [-0.4, -0.2) is 6.71 Å². The second-order valence-corrected chi connectivity index (χ2v) is 22.4. The van der Waals surface area contributed by atoms with Gasteiger partial charge in [0.15, 0.2) is 6.20 Å². The van der Waals surface area contributed by atoms with Gasteiger partial charge in [0.05, 0.1) is 0 Å². The first-order valence-corrected chi connectivity index (χ1v) is 22.9. The molecule has 63 heavy (non-hydrogen) atoms. The van der Waals surface area contributed by atoms with E-state index in [-0.39, 0.29) is 28.4 Å². The SMILES string of the molecule is Cc1ccc(-c2cc3c4c(c2)N(c2ccc(C(C)(C)C)cc2)c2ccc(C(C)(C)C)cc2B4c2cc(C(C)(C)C)ccc2N3c2ccc(C(C)(C)C)cc2)cc1-c1cccc[n+]1C. The zero-order valence-electron chi connectivity index (χ0n) is 40.2. The highest BCUT2D eigenvalue weighted by Gasteiger charge is 2.44. The van der Waals surface area contributed by atoms with E-state index in [1.54, 1.807) is 0 Å². The van der Waals surface area contributed by atoms with Gasteiger partial charge in [0.25, 0.3) is 6.71 Å². The molecule has 0 amide bonds. The molecule has 2 aliphatic rings. The summed E-state index contributed by atoms with van der Waals surface area (Å²) in [5.74, 6) is 0. The van der Waals surface area contributed by atoms with Crippen LogP contribution < -0.4 is 30.8 Å². The van der Waals surface area contributed by atoms with Crippen molar-refractivity contribution in [1.29, 1.82) is 0 Å². The van der Waals surface area contributed by atoms with Crippen LogP contribution in [0.25, 0.3) is 22.4 Å². The van der Waals surface area contributed by atoms with E-state index in [1.165, 1.54) is 101 Å². The summed E-state index contributed by atoms with van der Waals surface area (Å²) in [6, 6.07) is 51.8. The zero-order chi connectivity index (χ0) is 45.0. The highest BCUT2D eigenvalue weighted by atomic mass is 15.2. The van der Waals surface area contributed by atoms with E-state index >= 15 is 0 Å². The Kier molecular flexibility index (Phi) is 10.0. The quantitative estimate of drug-likeness (QED) is 0.129. The monoisotopic (exact) mass is 827 g/mol. The molecule has 0 spiro atoms. The molecule has 0 aliphatic carbocycles. The summed E-state index contributed by atoms with van der Waals surface area (Å²) in [7, 11) is 2.14. The largest absolute Gasteiger partial charge is 0.311 e. The smallest absolute Gasteiger partial charge is 0.252 e. The molecule has 0 atom stereocenters. The van der Waals surface area contributed by atoms with Crippen molar-refractivity contribution >= 4 is 57.2 Å². The second-order valence-electron chi connectivity index (χ2n) is 22.4. The van der Waals surface area contributed by atoms with Gasteiger partial charge in [0, 0.05) is 51.8 Å². The van der Waals surface area contributed by atoms with Gasteiger partial charge < -0.3 is 9.80 Å². The molecule has 0 radical (unpaired) electrons. The fraction of sp³-hybridized carbons (Fsp3) is 0.305. The van der Waals surface area contributed by atoms with Gasteiger partial charge in [0.2, 0.25) is 5.69 Å².